The van der Waals surface area contributed by atoms with Gasteiger partial charge in [-0.2, -0.15) is 0 Å². The number of aromatic nitrogens is 3. The summed E-state index contributed by atoms with van der Waals surface area (Å²) in [4.78, 5) is 12.0. The normalized spacial score (nSPS) is 12.3. The van der Waals surface area contributed by atoms with E-state index in [0.29, 0.717) is 5.95 Å². The van der Waals surface area contributed by atoms with Crippen LogP contribution >= 0.6 is 22.7 Å². The van der Waals surface area contributed by atoms with Gasteiger partial charge in [0.2, 0.25) is 5.95 Å². The van der Waals surface area contributed by atoms with E-state index in [0.717, 1.165) is 32.5 Å². The van der Waals surface area contributed by atoms with Crippen LogP contribution < -0.4 is 0 Å². The molecule has 0 unspecified atom stereocenters. The van der Waals surface area contributed by atoms with Gasteiger partial charge in [-0.1, -0.05) is 121 Å². The van der Waals surface area contributed by atoms with E-state index in [1.165, 1.54) is 62.6 Å². The first-order valence-corrected chi connectivity index (χ1v) is 17.4. The summed E-state index contributed by atoms with van der Waals surface area (Å²) < 4.78 is 6.08. The summed E-state index contributed by atoms with van der Waals surface area (Å²) in [6.45, 7) is 0. The molecule has 11 rings (SSSR count). The van der Waals surface area contributed by atoms with Gasteiger partial charge < -0.3 is 0 Å². The van der Waals surface area contributed by atoms with Crippen LogP contribution in [-0.2, 0) is 0 Å². The fraction of sp³-hybridized carbons (Fsp3) is 0. The molecule has 0 fully saturated rings. The Morgan fingerprint density at radius 1 is 0.447 bits per heavy atom. The molecule has 7 aromatic carbocycles. The van der Waals surface area contributed by atoms with Crippen LogP contribution in [0.4, 0.5) is 0 Å². The number of nitrogens with zero attached hydrogens (tertiary/aromatic N) is 3. The monoisotopic (exact) mass is 633 g/mol. The average molecular weight is 634 g/mol. The Labute approximate surface area is 276 Å². The molecule has 4 aromatic heterocycles. The third-order valence-electron chi connectivity index (χ3n) is 9.63. The van der Waals surface area contributed by atoms with Crippen LogP contribution in [0.5, 0.6) is 0 Å². The minimum atomic E-state index is 0.698. The van der Waals surface area contributed by atoms with Gasteiger partial charge in [0.1, 0.15) is 4.83 Å². The fourth-order valence-electron chi connectivity index (χ4n) is 7.60. The summed E-state index contributed by atoms with van der Waals surface area (Å²) in [5.74, 6) is 0.698. The van der Waals surface area contributed by atoms with E-state index in [4.69, 9.17) is 9.97 Å². The highest BCUT2D eigenvalue weighted by molar-refractivity contribution is 7.26. The standard InChI is InChI=1S/C42H23N3S2/c1-3-12-26-24(10-1)21-23-33-36(26)31-22-20-25-11-2-4-13-27(25)39(31)45(33)42-43-38(37-30-15-6-8-19-35(30)47-41(37)44-42)32-17-9-16-29-28-14-5-7-18-34(28)46-40(29)32/h1-23H. The summed E-state index contributed by atoms with van der Waals surface area (Å²) in [6, 6.07) is 50.4. The number of thiophene rings is 2. The van der Waals surface area contributed by atoms with Crippen LogP contribution in [0.1, 0.15) is 0 Å². The zero-order valence-electron chi connectivity index (χ0n) is 24.9. The minimum absolute atomic E-state index is 0.698. The van der Waals surface area contributed by atoms with Crippen molar-refractivity contribution in [1.82, 2.24) is 14.5 Å². The SMILES string of the molecule is c1ccc2c(c1)ccc1c2c2ccc3ccccc3c2n1-c1nc(-c2cccc3c2sc2ccccc23)c2c(n1)sc1ccccc12. The second-order valence-corrected chi connectivity index (χ2v) is 14.2. The van der Waals surface area contributed by atoms with Gasteiger partial charge >= 0.3 is 0 Å². The Balaban J connectivity index is 1.34. The van der Waals surface area contributed by atoms with Gasteiger partial charge in [-0.05, 0) is 34.4 Å². The summed E-state index contributed by atoms with van der Waals surface area (Å²) in [5.41, 5.74) is 4.38. The molecule has 0 amide bonds. The van der Waals surface area contributed by atoms with E-state index < -0.39 is 0 Å². The average Bonchev–Trinajstić information content (AvgIpc) is 3.81. The van der Waals surface area contributed by atoms with E-state index in [2.05, 4.69) is 144 Å². The van der Waals surface area contributed by atoms with Crippen molar-refractivity contribution in [3.8, 4) is 17.2 Å². The number of hydrogen-bond acceptors (Lipinski definition) is 4. The van der Waals surface area contributed by atoms with Crippen LogP contribution in [0.15, 0.2) is 140 Å². The van der Waals surface area contributed by atoms with Gasteiger partial charge in [-0.3, -0.25) is 4.57 Å². The van der Waals surface area contributed by atoms with Gasteiger partial charge in [0.15, 0.2) is 0 Å². The van der Waals surface area contributed by atoms with E-state index in [9.17, 15) is 0 Å². The highest BCUT2D eigenvalue weighted by Gasteiger charge is 2.23. The lowest BCUT2D eigenvalue weighted by atomic mass is 10.0. The fourth-order valence-corrected chi connectivity index (χ4v) is 9.88. The molecule has 47 heavy (non-hydrogen) atoms. The Hall–Kier alpha value is -5.62. The maximum absolute atomic E-state index is 5.61. The predicted octanol–water partition coefficient (Wildman–Crippen LogP) is 12.3. The summed E-state index contributed by atoms with van der Waals surface area (Å²) in [7, 11) is 0. The van der Waals surface area contributed by atoms with E-state index >= 15 is 0 Å². The highest BCUT2D eigenvalue weighted by atomic mass is 32.1. The Kier molecular flexibility index (Phi) is 5.14. The molecule has 0 aliphatic carbocycles. The first-order valence-electron chi connectivity index (χ1n) is 15.8. The van der Waals surface area contributed by atoms with Crippen molar-refractivity contribution in [3.63, 3.8) is 0 Å². The van der Waals surface area contributed by atoms with Crippen molar-refractivity contribution < 1.29 is 0 Å². The second kappa shape index (κ2) is 9.46. The molecule has 0 N–H and O–H groups in total. The van der Waals surface area contributed by atoms with Crippen LogP contribution in [0.3, 0.4) is 0 Å². The zero-order chi connectivity index (χ0) is 30.6. The molecule has 3 nitrogen and oxygen atoms in total. The van der Waals surface area contributed by atoms with Gasteiger partial charge in [0, 0.05) is 57.4 Å². The number of fused-ring (bicyclic) bond motifs is 13. The molecular formula is C42H23N3S2. The lowest BCUT2D eigenvalue weighted by Gasteiger charge is -2.12. The molecular weight excluding hydrogens is 611 g/mol. The van der Waals surface area contributed by atoms with E-state index in [-0.39, 0.29) is 0 Å². The summed E-state index contributed by atoms with van der Waals surface area (Å²) >= 11 is 3.60. The number of rotatable bonds is 2. The molecule has 0 spiro atoms. The first kappa shape index (κ1) is 25.6. The van der Waals surface area contributed by atoms with Crippen molar-refractivity contribution in [2.45, 2.75) is 0 Å². The van der Waals surface area contributed by atoms with Gasteiger partial charge in [-0.15, -0.1) is 22.7 Å². The molecule has 0 bridgehead atoms. The largest absolute Gasteiger partial charge is 0.277 e. The van der Waals surface area contributed by atoms with Gasteiger partial charge in [0.25, 0.3) is 0 Å². The third kappa shape index (κ3) is 3.50. The van der Waals surface area contributed by atoms with E-state index in [1.807, 2.05) is 11.3 Å². The van der Waals surface area contributed by atoms with Gasteiger partial charge in [0.05, 0.1) is 16.7 Å². The predicted molar refractivity (Wildman–Crippen MR) is 203 cm³/mol. The second-order valence-electron chi connectivity index (χ2n) is 12.1. The van der Waals surface area contributed by atoms with Crippen molar-refractivity contribution >= 4 is 106 Å². The maximum atomic E-state index is 5.61. The van der Waals surface area contributed by atoms with Crippen molar-refractivity contribution in [3.05, 3.63) is 140 Å². The quantitative estimate of drug-likeness (QED) is 0.190. The summed E-state index contributed by atoms with van der Waals surface area (Å²) in [6.07, 6.45) is 0. The van der Waals surface area contributed by atoms with Crippen LogP contribution in [0, 0.1) is 0 Å². The van der Waals surface area contributed by atoms with Crippen molar-refractivity contribution in [2.75, 3.05) is 0 Å². The molecule has 4 heterocycles. The highest BCUT2D eigenvalue weighted by Crippen LogP contribution is 2.45. The van der Waals surface area contributed by atoms with Crippen LogP contribution in [-0.4, -0.2) is 14.5 Å². The molecule has 0 atom stereocenters. The third-order valence-corrected chi connectivity index (χ3v) is 11.9. The number of benzene rings is 7. The lowest BCUT2D eigenvalue weighted by molar-refractivity contribution is 1.02. The molecule has 0 aliphatic heterocycles. The first-order chi connectivity index (χ1) is 23.3. The van der Waals surface area contributed by atoms with Crippen molar-refractivity contribution in [2.24, 2.45) is 0 Å². The Morgan fingerprint density at radius 3 is 1.96 bits per heavy atom. The minimum Gasteiger partial charge on any atom is -0.277 e. The zero-order valence-corrected chi connectivity index (χ0v) is 26.6. The molecule has 0 radical (unpaired) electrons. The molecule has 11 aromatic rings. The van der Waals surface area contributed by atoms with E-state index in [1.54, 1.807) is 11.3 Å². The summed E-state index contributed by atoms with van der Waals surface area (Å²) in [5, 5.41) is 12.2. The molecule has 0 aliphatic rings. The number of hydrogen-bond donors (Lipinski definition) is 0. The Morgan fingerprint density at radius 2 is 1.11 bits per heavy atom. The van der Waals surface area contributed by atoms with Gasteiger partial charge in [-0.25, -0.2) is 9.97 Å². The Bertz CT molecular complexity index is 3090. The smallest absolute Gasteiger partial charge is 0.236 e. The van der Waals surface area contributed by atoms with Crippen LogP contribution in [0.2, 0.25) is 0 Å². The van der Waals surface area contributed by atoms with Crippen LogP contribution in [0.25, 0.3) is 101 Å². The molecule has 5 heteroatoms. The molecule has 0 saturated carbocycles. The topological polar surface area (TPSA) is 30.7 Å². The lowest BCUT2D eigenvalue weighted by Crippen LogP contribution is -2.03. The van der Waals surface area contributed by atoms with Crippen molar-refractivity contribution in [1.29, 1.82) is 0 Å². The maximum Gasteiger partial charge on any atom is 0.236 e. The molecule has 0 saturated heterocycles. The molecule has 218 valence electrons.